The molecule has 158 valence electrons. The van der Waals surface area contributed by atoms with Crippen molar-refractivity contribution in [2.75, 3.05) is 19.6 Å². The van der Waals surface area contributed by atoms with Gasteiger partial charge in [-0.1, -0.05) is 0 Å². The number of thiazole rings is 1. The van der Waals surface area contributed by atoms with E-state index in [1.807, 2.05) is 25.1 Å². The average Bonchev–Trinajstić information content (AvgIpc) is 3.11. The van der Waals surface area contributed by atoms with Crippen LogP contribution in [0.25, 0.3) is 10.2 Å². The van der Waals surface area contributed by atoms with E-state index in [0.717, 1.165) is 34.7 Å². The highest BCUT2D eigenvalue weighted by molar-refractivity contribution is 7.18. The second-order valence-electron chi connectivity index (χ2n) is 8.15. The number of hydrogen-bond acceptors (Lipinski definition) is 6. The lowest BCUT2D eigenvalue weighted by atomic mass is 9.97. The molecule has 1 saturated heterocycles. The van der Waals surface area contributed by atoms with Crippen LogP contribution >= 0.6 is 11.3 Å². The number of nitrogens with zero attached hydrogens (tertiary/aromatic N) is 3. The van der Waals surface area contributed by atoms with Crippen molar-refractivity contribution in [3.63, 3.8) is 0 Å². The fraction of sp³-hybridized carbons (Fsp3) is 0.435. The highest BCUT2D eigenvalue weighted by atomic mass is 32.1. The molecule has 0 bridgehead atoms. The highest BCUT2D eigenvalue weighted by Gasteiger charge is 2.22. The summed E-state index contributed by atoms with van der Waals surface area (Å²) in [5, 5.41) is 4.08. The quantitative estimate of drug-likeness (QED) is 0.624. The molecule has 3 aromatic rings. The minimum Gasteiger partial charge on any atom is -0.457 e. The molecule has 0 saturated carbocycles. The minimum absolute atomic E-state index is 0.160. The second kappa shape index (κ2) is 9.10. The Bertz CT molecular complexity index is 1030. The van der Waals surface area contributed by atoms with Crippen LogP contribution in [0.15, 0.2) is 36.5 Å². The zero-order chi connectivity index (χ0) is 21.1. The normalized spacial score (nSPS) is 17.4. The lowest BCUT2D eigenvalue weighted by Crippen LogP contribution is -2.43. The molecule has 1 aromatic carbocycles. The summed E-state index contributed by atoms with van der Waals surface area (Å²) >= 11 is 1.66. The van der Waals surface area contributed by atoms with Crippen LogP contribution in [-0.2, 0) is 0 Å². The summed E-state index contributed by atoms with van der Waals surface area (Å²) in [6.45, 7) is 9.30. The van der Waals surface area contributed by atoms with E-state index in [9.17, 15) is 4.79 Å². The van der Waals surface area contributed by atoms with Gasteiger partial charge >= 0.3 is 0 Å². The predicted octanol–water partition coefficient (Wildman–Crippen LogP) is 4.64. The third-order valence-corrected chi connectivity index (χ3v) is 6.45. The number of ether oxygens (including phenoxy) is 1. The number of fused-ring (bicyclic) bond motifs is 1. The van der Waals surface area contributed by atoms with E-state index in [1.54, 1.807) is 29.7 Å². The highest BCUT2D eigenvalue weighted by Crippen LogP contribution is 2.28. The summed E-state index contributed by atoms with van der Waals surface area (Å²) in [4.78, 5) is 23.8. The molecule has 1 atom stereocenters. The monoisotopic (exact) mass is 424 g/mol. The molecule has 1 fully saturated rings. The Balaban J connectivity index is 1.37. The maximum Gasteiger partial charge on any atom is 0.270 e. The van der Waals surface area contributed by atoms with Crippen molar-refractivity contribution in [1.29, 1.82) is 0 Å². The van der Waals surface area contributed by atoms with Gasteiger partial charge in [0.25, 0.3) is 5.91 Å². The molecule has 1 aliphatic heterocycles. The topological polar surface area (TPSA) is 67.3 Å². The van der Waals surface area contributed by atoms with Crippen molar-refractivity contribution in [3.05, 3.63) is 47.2 Å². The predicted molar refractivity (Wildman–Crippen MR) is 120 cm³/mol. The molecule has 4 rings (SSSR count). The maximum absolute atomic E-state index is 12.6. The lowest BCUT2D eigenvalue weighted by Gasteiger charge is -2.35. The van der Waals surface area contributed by atoms with Crippen LogP contribution in [-0.4, -0.2) is 46.5 Å². The van der Waals surface area contributed by atoms with Crippen molar-refractivity contribution in [3.8, 4) is 11.5 Å². The van der Waals surface area contributed by atoms with Gasteiger partial charge in [0.15, 0.2) is 0 Å². The van der Waals surface area contributed by atoms with E-state index in [2.05, 4.69) is 34.0 Å². The number of aromatic nitrogens is 2. The van der Waals surface area contributed by atoms with E-state index in [0.29, 0.717) is 35.7 Å². The first kappa shape index (κ1) is 20.8. The number of carbonyl (C=O) groups excluding carboxylic acids is 1. The summed E-state index contributed by atoms with van der Waals surface area (Å²) in [6, 6.07) is 9.84. The first-order valence-electron chi connectivity index (χ1n) is 10.5. The number of piperidine rings is 1. The van der Waals surface area contributed by atoms with Gasteiger partial charge in [0.1, 0.15) is 17.2 Å². The van der Waals surface area contributed by atoms with Crippen LogP contribution in [0.3, 0.4) is 0 Å². The number of likely N-dealkylation sites (tertiary alicyclic amines) is 1. The van der Waals surface area contributed by atoms with Crippen LogP contribution in [0.4, 0.5) is 0 Å². The first-order valence-corrected chi connectivity index (χ1v) is 11.3. The fourth-order valence-corrected chi connectivity index (χ4v) is 4.69. The third-order valence-electron chi connectivity index (χ3n) is 5.50. The molecular weight excluding hydrogens is 396 g/mol. The minimum atomic E-state index is -0.160. The van der Waals surface area contributed by atoms with E-state index < -0.39 is 0 Å². The standard InChI is InChI=1S/C23H28N4O2S/c1-15(2)27-10-4-5-17(14-27)13-25-23(28)21-12-19(8-9-24-21)29-18-6-7-22-20(11-18)26-16(3)30-22/h6-9,11-12,15,17H,4-5,10,13-14H2,1-3H3,(H,25,28)/t17-/m1/s1. The largest absolute Gasteiger partial charge is 0.457 e. The van der Waals surface area contributed by atoms with Gasteiger partial charge in [0.05, 0.1) is 15.2 Å². The average molecular weight is 425 g/mol. The van der Waals surface area contributed by atoms with Crippen molar-refractivity contribution >= 4 is 27.5 Å². The van der Waals surface area contributed by atoms with Gasteiger partial charge in [-0.3, -0.25) is 9.78 Å². The van der Waals surface area contributed by atoms with E-state index in [-0.39, 0.29) is 5.91 Å². The van der Waals surface area contributed by atoms with Gasteiger partial charge in [-0.2, -0.15) is 0 Å². The summed E-state index contributed by atoms with van der Waals surface area (Å²) in [5.74, 6) is 1.61. The molecule has 0 radical (unpaired) electrons. The SMILES string of the molecule is Cc1nc2cc(Oc3ccnc(C(=O)NC[C@H]4CCCN(C(C)C)C4)c3)ccc2s1. The smallest absolute Gasteiger partial charge is 0.270 e. The van der Waals surface area contributed by atoms with Gasteiger partial charge < -0.3 is 15.0 Å². The number of hydrogen-bond donors (Lipinski definition) is 1. The Morgan fingerprint density at radius 3 is 2.97 bits per heavy atom. The molecule has 3 heterocycles. The van der Waals surface area contributed by atoms with Crippen molar-refractivity contribution in [2.45, 2.75) is 39.7 Å². The number of aryl methyl sites for hydroxylation is 1. The van der Waals surface area contributed by atoms with E-state index >= 15 is 0 Å². The van der Waals surface area contributed by atoms with Crippen LogP contribution in [0.5, 0.6) is 11.5 Å². The Kier molecular flexibility index (Phi) is 6.29. The van der Waals surface area contributed by atoms with E-state index in [4.69, 9.17) is 4.74 Å². The zero-order valence-electron chi connectivity index (χ0n) is 17.7. The molecule has 1 N–H and O–H groups in total. The van der Waals surface area contributed by atoms with Crippen molar-refractivity contribution < 1.29 is 9.53 Å². The summed E-state index contributed by atoms with van der Waals surface area (Å²) in [7, 11) is 0. The van der Waals surface area contributed by atoms with Crippen molar-refractivity contribution in [2.24, 2.45) is 5.92 Å². The number of rotatable bonds is 6. The number of benzene rings is 1. The third kappa shape index (κ3) is 4.96. The fourth-order valence-electron chi connectivity index (χ4n) is 3.88. The van der Waals surface area contributed by atoms with E-state index in [1.165, 1.54) is 6.42 Å². The molecule has 6 nitrogen and oxygen atoms in total. The lowest BCUT2D eigenvalue weighted by molar-refractivity contribution is 0.0917. The van der Waals surface area contributed by atoms with Crippen LogP contribution in [0.2, 0.25) is 0 Å². The van der Waals surface area contributed by atoms with Gasteiger partial charge in [0.2, 0.25) is 0 Å². The molecule has 1 aliphatic rings. The number of amides is 1. The second-order valence-corrected chi connectivity index (χ2v) is 9.38. The Labute approximate surface area is 181 Å². The molecule has 0 unspecified atom stereocenters. The Morgan fingerprint density at radius 1 is 1.30 bits per heavy atom. The molecular formula is C23H28N4O2S. The van der Waals surface area contributed by atoms with Gasteiger partial charge in [-0.05, 0) is 64.3 Å². The molecule has 30 heavy (non-hydrogen) atoms. The summed E-state index contributed by atoms with van der Waals surface area (Å²) in [6.07, 6.45) is 3.94. The molecule has 7 heteroatoms. The van der Waals surface area contributed by atoms with Gasteiger partial charge in [-0.25, -0.2) is 4.98 Å². The summed E-state index contributed by atoms with van der Waals surface area (Å²) in [5.41, 5.74) is 1.29. The summed E-state index contributed by atoms with van der Waals surface area (Å²) < 4.78 is 7.09. The Morgan fingerprint density at radius 2 is 2.13 bits per heavy atom. The van der Waals surface area contributed by atoms with Gasteiger partial charge in [-0.15, -0.1) is 11.3 Å². The first-order chi connectivity index (χ1) is 14.5. The molecule has 0 aliphatic carbocycles. The van der Waals surface area contributed by atoms with Gasteiger partial charge in [0, 0.05) is 37.5 Å². The van der Waals surface area contributed by atoms with Crippen LogP contribution < -0.4 is 10.1 Å². The van der Waals surface area contributed by atoms with Crippen LogP contribution in [0, 0.1) is 12.8 Å². The molecule has 1 amide bonds. The van der Waals surface area contributed by atoms with Crippen molar-refractivity contribution in [1.82, 2.24) is 20.2 Å². The number of pyridine rings is 1. The number of carbonyl (C=O) groups is 1. The van der Waals surface area contributed by atoms with Crippen LogP contribution in [0.1, 0.15) is 42.2 Å². The Hall–Kier alpha value is -2.51. The zero-order valence-corrected chi connectivity index (χ0v) is 18.5. The maximum atomic E-state index is 12.6. The molecule has 2 aromatic heterocycles. The number of nitrogens with one attached hydrogen (secondary N) is 1. The molecule has 0 spiro atoms.